The number of amides is 1. The minimum atomic E-state index is -3.09. The number of carbonyl (C=O) groups excluding carboxylic acids is 1. The highest BCUT2D eigenvalue weighted by molar-refractivity contribution is 7.91. The topological polar surface area (TPSA) is 98.5 Å². The number of hydrogen-bond donors (Lipinski definition) is 2. The molecule has 1 heterocycles. The molecule has 1 amide bonds. The van der Waals surface area contributed by atoms with Crippen LogP contribution in [0.4, 0.5) is 0 Å². The molecular weight excluding hydrogens is 288 g/mol. The van der Waals surface area contributed by atoms with Gasteiger partial charge in [-0.25, -0.2) is 8.42 Å². The molecule has 0 atom stereocenters. The van der Waals surface area contributed by atoms with Gasteiger partial charge in [-0.1, -0.05) is 19.1 Å². The van der Waals surface area contributed by atoms with Crippen LogP contribution in [0.1, 0.15) is 19.8 Å². The van der Waals surface area contributed by atoms with Crippen LogP contribution in [-0.2, 0) is 19.4 Å². The zero-order valence-corrected chi connectivity index (χ0v) is 12.6. The molecule has 0 aromatic heterocycles. The van der Waals surface area contributed by atoms with Crippen molar-refractivity contribution >= 4 is 33.0 Å². The normalized spacial score (nSPS) is 18.8. The fraction of sp³-hybridized carbons (Fsp3) is 0.818. The fourth-order valence-corrected chi connectivity index (χ4v) is 2.94. The van der Waals surface area contributed by atoms with Gasteiger partial charge < -0.3 is 15.8 Å². The van der Waals surface area contributed by atoms with Crippen LogP contribution in [-0.4, -0.2) is 50.6 Å². The molecule has 1 rings (SSSR count). The molecule has 0 radical (unpaired) electrons. The third-order valence-electron chi connectivity index (χ3n) is 3.39. The maximum absolute atomic E-state index is 12.2. The molecule has 110 valence electrons. The van der Waals surface area contributed by atoms with E-state index in [1.54, 1.807) is 6.92 Å². The number of ether oxygens (including phenoxy) is 1. The number of thiocarbonyl (C=S) groups is 1. The van der Waals surface area contributed by atoms with E-state index >= 15 is 0 Å². The molecule has 3 N–H and O–H groups in total. The van der Waals surface area contributed by atoms with Crippen molar-refractivity contribution in [1.82, 2.24) is 5.32 Å². The second kappa shape index (κ2) is 6.62. The Kier molecular flexibility index (Phi) is 5.69. The Morgan fingerprint density at radius 3 is 2.47 bits per heavy atom. The Balaban J connectivity index is 2.62. The van der Waals surface area contributed by atoms with Gasteiger partial charge in [0.1, 0.15) is 5.41 Å². The van der Waals surface area contributed by atoms with Crippen LogP contribution in [0, 0.1) is 5.41 Å². The van der Waals surface area contributed by atoms with Gasteiger partial charge in [0.25, 0.3) is 0 Å². The molecule has 0 aromatic rings. The molecule has 8 heteroatoms. The third-order valence-corrected chi connectivity index (χ3v) is 5.49. The molecule has 0 unspecified atom stereocenters. The smallest absolute Gasteiger partial charge is 0.233 e. The van der Waals surface area contributed by atoms with E-state index in [9.17, 15) is 13.2 Å². The number of rotatable bonds is 6. The summed E-state index contributed by atoms with van der Waals surface area (Å²) in [6.07, 6.45) is 0.878. The van der Waals surface area contributed by atoms with E-state index < -0.39 is 15.3 Å². The Hall–Kier alpha value is -0.730. The molecule has 0 bridgehead atoms. The summed E-state index contributed by atoms with van der Waals surface area (Å²) in [5.41, 5.74) is 4.78. The minimum absolute atomic E-state index is 0.0666. The second-order valence-corrected chi connectivity index (χ2v) is 7.46. The van der Waals surface area contributed by atoms with Crippen LogP contribution >= 0.6 is 12.2 Å². The summed E-state index contributed by atoms with van der Waals surface area (Å²) in [6, 6.07) is 0. The monoisotopic (exact) mass is 308 g/mol. The summed E-state index contributed by atoms with van der Waals surface area (Å²) in [4.78, 5) is 12.4. The highest BCUT2D eigenvalue weighted by atomic mass is 32.2. The van der Waals surface area contributed by atoms with Crippen molar-refractivity contribution in [1.29, 1.82) is 0 Å². The molecule has 0 aliphatic carbocycles. The molecular formula is C11H20N2O4S2. The van der Waals surface area contributed by atoms with Gasteiger partial charge in [0.05, 0.1) is 10.7 Å². The van der Waals surface area contributed by atoms with E-state index in [2.05, 4.69) is 5.32 Å². The lowest BCUT2D eigenvalue weighted by Crippen LogP contribution is -2.52. The number of sulfone groups is 1. The number of nitrogens with one attached hydrogen (secondary N) is 1. The van der Waals surface area contributed by atoms with Crippen molar-refractivity contribution in [2.24, 2.45) is 11.1 Å². The SMILES string of the molecule is CCS(=O)(=O)CCNC(=O)C1(C(N)=S)CCOCC1. The van der Waals surface area contributed by atoms with Crippen molar-refractivity contribution in [2.45, 2.75) is 19.8 Å². The summed E-state index contributed by atoms with van der Waals surface area (Å²) in [5, 5.41) is 2.62. The zero-order valence-electron chi connectivity index (χ0n) is 11.0. The molecule has 0 spiro atoms. The summed E-state index contributed by atoms with van der Waals surface area (Å²) in [5.74, 6) is -0.300. The second-order valence-electron chi connectivity index (χ2n) is 4.55. The first-order valence-electron chi connectivity index (χ1n) is 6.20. The zero-order chi connectivity index (χ0) is 14.5. The number of nitrogens with two attached hydrogens (primary N) is 1. The maximum Gasteiger partial charge on any atom is 0.233 e. The Morgan fingerprint density at radius 1 is 1.42 bits per heavy atom. The summed E-state index contributed by atoms with van der Waals surface area (Å²) < 4.78 is 27.9. The summed E-state index contributed by atoms with van der Waals surface area (Å²) in [7, 11) is -3.09. The molecule has 19 heavy (non-hydrogen) atoms. The third kappa shape index (κ3) is 4.12. The molecule has 1 fully saturated rings. The lowest BCUT2D eigenvalue weighted by Gasteiger charge is -2.34. The van der Waals surface area contributed by atoms with Crippen LogP contribution in [0.5, 0.6) is 0 Å². The largest absolute Gasteiger partial charge is 0.392 e. The number of carbonyl (C=O) groups is 1. The van der Waals surface area contributed by atoms with Crippen molar-refractivity contribution < 1.29 is 17.9 Å². The molecule has 1 aliphatic heterocycles. The van der Waals surface area contributed by atoms with Gasteiger partial charge in [0.15, 0.2) is 9.84 Å². The van der Waals surface area contributed by atoms with Crippen LogP contribution in [0.15, 0.2) is 0 Å². The van der Waals surface area contributed by atoms with E-state index in [-0.39, 0.29) is 28.9 Å². The van der Waals surface area contributed by atoms with E-state index in [0.717, 1.165) is 0 Å². The Bertz CT molecular complexity index is 442. The average molecular weight is 308 g/mol. The Labute approximate surface area is 119 Å². The molecule has 0 aromatic carbocycles. The first kappa shape index (κ1) is 16.3. The predicted molar refractivity (Wildman–Crippen MR) is 76.6 cm³/mol. The van der Waals surface area contributed by atoms with Gasteiger partial charge in [-0.2, -0.15) is 0 Å². The quantitative estimate of drug-likeness (QED) is 0.649. The van der Waals surface area contributed by atoms with Crippen molar-refractivity contribution in [3.05, 3.63) is 0 Å². The van der Waals surface area contributed by atoms with Gasteiger partial charge in [-0.05, 0) is 12.8 Å². The van der Waals surface area contributed by atoms with Crippen LogP contribution in [0.25, 0.3) is 0 Å². The van der Waals surface area contributed by atoms with Gasteiger partial charge in [0.2, 0.25) is 5.91 Å². The summed E-state index contributed by atoms with van der Waals surface area (Å²) >= 11 is 4.99. The lowest BCUT2D eigenvalue weighted by atomic mass is 9.79. The van der Waals surface area contributed by atoms with Crippen LogP contribution in [0.2, 0.25) is 0 Å². The van der Waals surface area contributed by atoms with Crippen molar-refractivity contribution in [3.63, 3.8) is 0 Å². The lowest BCUT2D eigenvalue weighted by molar-refractivity contribution is -0.131. The Morgan fingerprint density at radius 2 is 2.00 bits per heavy atom. The first-order chi connectivity index (χ1) is 8.84. The predicted octanol–water partition coefficient (Wildman–Crippen LogP) is -0.380. The van der Waals surface area contributed by atoms with Crippen LogP contribution in [0.3, 0.4) is 0 Å². The van der Waals surface area contributed by atoms with Gasteiger partial charge in [-0.3, -0.25) is 4.79 Å². The maximum atomic E-state index is 12.2. The van der Waals surface area contributed by atoms with E-state index in [1.807, 2.05) is 0 Å². The average Bonchev–Trinajstić information content (AvgIpc) is 2.39. The van der Waals surface area contributed by atoms with Gasteiger partial charge in [0, 0.05) is 25.5 Å². The highest BCUT2D eigenvalue weighted by Gasteiger charge is 2.42. The van der Waals surface area contributed by atoms with E-state index in [0.29, 0.717) is 26.1 Å². The standard InChI is InChI=1S/C11H20N2O4S2/c1-2-19(15,16)8-5-13-10(14)11(9(12)18)3-6-17-7-4-11/h2-8H2,1H3,(H2,12,18)(H,13,14). The number of hydrogen-bond acceptors (Lipinski definition) is 5. The van der Waals surface area contributed by atoms with Crippen molar-refractivity contribution in [3.8, 4) is 0 Å². The minimum Gasteiger partial charge on any atom is -0.392 e. The molecule has 1 saturated heterocycles. The highest BCUT2D eigenvalue weighted by Crippen LogP contribution is 2.31. The van der Waals surface area contributed by atoms with Gasteiger partial charge >= 0.3 is 0 Å². The van der Waals surface area contributed by atoms with E-state index in [4.69, 9.17) is 22.7 Å². The molecule has 6 nitrogen and oxygen atoms in total. The molecule has 0 saturated carbocycles. The van der Waals surface area contributed by atoms with Gasteiger partial charge in [-0.15, -0.1) is 0 Å². The van der Waals surface area contributed by atoms with Crippen LogP contribution < -0.4 is 11.1 Å². The first-order valence-corrected chi connectivity index (χ1v) is 8.43. The fourth-order valence-electron chi connectivity index (χ4n) is 1.94. The summed E-state index contributed by atoms with van der Waals surface area (Å²) in [6.45, 7) is 2.52. The molecule has 1 aliphatic rings. The van der Waals surface area contributed by atoms with Crippen molar-refractivity contribution in [2.75, 3.05) is 31.3 Å². The van der Waals surface area contributed by atoms with E-state index in [1.165, 1.54) is 0 Å².